The molecule has 1 heterocycles. The predicted octanol–water partition coefficient (Wildman–Crippen LogP) is 5.63. The molecule has 1 unspecified atom stereocenters. The molecule has 1 aliphatic rings. The van der Waals surface area contributed by atoms with Crippen LogP contribution in [-0.4, -0.2) is 9.55 Å². The summed E-state index contributed by atoms with van der Waals surface area (Å²) >= 11 is 11.3. The summed E-state index contributed by atoms with van der Waals surface area (Å²) in [4.78, 5) is 3.14. The topological polar surface area (TPSA) is 20.7 Å². The van der Waals surface area contributed by atoms with Crippen molar-refractivity contribution in [3.8, 4) is 0 Å². The Morgan fingerprint density at radius 1 is 1.35 bits per heavy atom. The van der Waals surface area contributed by atoms with E-state index in [0.717, 1.165) is 11.0 Å². The van der Waals surface area contributed by atoms with Gasteiger partial charge in [0.05, 0.1) is 16.1 Å². The summed E-state index contributed by atoms with van der Waals surface area (Å²) < 4.78 is 16.5. The molecule has 1 fully saturated rings. The zero-order valence-electron chi connectivity index (χ0n) is 11.5. The molecule has 0 amide bonds. The van der Waals surface area contributed by atoms with Crippen molar-refractivity contribution in [3.63, 3.8) is 0 Å². The summed E-state index contributed by atoms with van der Waals surface area (Å²) in [5, 5.41) is 0.131. The van der Waals surface area contributed by atoms with Gasteiger partial charge < -0.3 is 9.55 Å². The summed E-state index contributed by atoms with van der Waals surface area (Å²) in [6.07, 6.45) is 6.35. The average Bonchev–Trinajstić information content (AvgIpc) is 2.75. The highest BCUT2D eigenvalue weighted by atomic mass is 35.5. The quantitative estimate of drug-likeness (QED) is 0.712. The number of aromatic nitrogens is 2. The van der Waals surface area contributed by atoms with Gasteiger partial charge in [-0.05, 0) is 44.0 Å². The number of benzene rings is 1. The zero-order chi connectivity index (χ0) is 14.3. The molecule has 0 radical (unpaired) electrons. The molecule has 108 valence electrons. The second-order valence-corrected chi connectivity index (χ2v) is 6.52. The molecule has 1 saturated carbocycles. The normalized spacial score (nSPS) is 18.6. The van der Waals surface area contributed by atoms with Gasteiger partial charge in [0.2, 0.25) is 0 Å². The number of halogens is 2. The van der Waals surface area contributed by atoms with Gasteiger partial charge in [0, 0.05) is 12.1 Å². The van der Waals surface area contributed by atoms with E-state index >= 15 is 0 Å². The average molecular weight is 313 g/mol. The van der Waals surface area contributed by atoms with E-state index in [0.29, 0.717) is 10.7 Å². The number of imidazole rings is 1. The number of aromatic amines is 1. The number of hydrogen-bond acceptors (Lipinski definition) is 1. The number of nitrogens with zero attached hydrogens (tertiary/aromatic N) is 1. The van der Waals surface area contributed by atoms with E-state index in [4.69, 9.17) is 23.8 Å². The van der Waals surface area contributed by atoms with Crippen molar-refractivity contribution < 1.29 is 4.39 Å². The molecule has 0 aliphatic heterocycles. The maximum absolute atomic E-state index is 13.8. The second kappa shape index (κ2) is 5.49. The maximum atomic E-state index is 13.8. The molecule has 0 bridgehead atoms. The molecule has 0 saturated heterocycles. The van der Waals surface area contributed by atoms with Crippen LogP contribution in [0.15, 0.2) is 12.1 Å². The van der Waals surface area contributed by atoms with Crippen LogP contribution in [0.5, 0.6) is 0 Å². The summed E-state index contributed by atoms with van der Waals surface area (Å²) in [6, 6.07) is 3.40. The minimum atomic E-state index is -0.391. The van der Waals surface area contributed by atoms with Gasteiger partial charge in [0.1, 0.15) is 5.82 Å². The van der Waals surface area contributed by atoms with Crippen molar-refractivity contribution in [1.82, 2.24) is 9.55 Å². The third-order valence-electron chi connectivity index (χ3n) is 4.50. The number of fused-ring (bicyclic) bond motifs is 1. The Balaban J connectivity index is 2.08. The van der Waals surface area contributed by atoms with E-state index < -0.39 is 5.82 Å². The number of rotatable bonds is 2. The minimum absolute atomic E-state index is 0.131. The summed E-state index contributed by atoms with van der Waals surface area (Å²) in [5.74, 6) is 0.228. The molecule has 2 nitrogen and oxygen atoms in total. The van der Waals surface area contributed by atoms with Crippen LogP contribution in [0.4, 0.5) is 4.39 Å². The fourth-order valence-corrected chi connectivity index (χ4v) is 3.89. The third kappa shape index (κ3) is 2.40. The molecule has 20 heavy (non-hydrogen) atoms. The van der Waals surface area contributed by atoms with E-state index in [1.165, 1.54) is 38.2 Å². The minimum Gasteiger partial charge on any atom is -0.331 e. The summed E-state index contributed by atoms with van der Waals surface area (Å²) in [6.45, 7) is 2.19. The van der Waals surface area contributed by atoms with Crippen molar-refractivity contribution in [2.75, 3.05) is 0 Å². The Hall–Kier alpha value is -0.870. The van der Waals surface area contributed by atoms with Gasteiger partial charge in [-0.2, -0.15) is 0 Å². The standard InChI is InChI=1S/C15H18ClFN2S/c1-9(10-5-3-2-4-6-10)19-14-8-12(17)11(16)7-13(14)18-15(19)20/h7-10H,2-6H2,1H3,(H,18,20). The Morgan fingerprint density at radius 2 is 2.05 bits per heavy atom. The second-order valence-electron chi connectivity index (χ2n) is 5.72. The maximum Gasteiger partial charge on any atom is 0.178 e. The smallest absolute Gasteiger partial charge is 0.178 e. The van der Waals surface area contributed by atoms with Crippen LogP contribution < -0.4 is 0 Å². The monoisotopic (exact) mass is 312 g/mol. The largest absolute Gasteiger partial charge is 0.331 e. The van der Waals surface area contributed by atoms with Crippen LogP contribution >= 0.6 is 23.8 Å². The van der Waals surface area contributed by atoms with Crippen molar-refractivity contribution in [3.05, 3.63) is 27.7 Å². The fraction of sp³-hybridized carbons (Fsp3) is 0.533. The fourth-order valence-electron chi connectivity index (χ4n) is 3.35. The highest BCUT2D eigenvalue weighted by molar-refractivity contribution is 7.71. The first kappa shape index (κ1) is 14.1. The van der Waals surface area contributed by atoms with Crippen molar-refractivity contribution in [2.24, 2.45) is 5.92 Å². The SMILES string of the molecule is CC(C1CCCCC1)n1c(=S)[nH]c2cc(Cl)c(F)cc21. The molecule has 1 aliphatic carbocycles. The molecule has 1 N–H and O–H groups in total. The predicted molar refractivity (Wildman–Crippen MR) is 83.4 cm³/mol. The Labute approximate surface area is 127 Å². The van der Waals surface area contributed by atoms with Crippen molar-refractivity contribution in [2.45, 2.75) is 45.1 Å². The van der Waals surface area contributed by atoms with Crippen LogP contribution in [0, 0.1) is 16.5 Å². The Kier molecular flexibility index (Phi) is 3.87. The van der Waals surface area contributed by atoms with Crippen molar-refractivity contribution >= 4 is 34.9 Å². The van der Waals surface area contributed by atoms with Gasteiger partial charge in [0.25, 0.3) is 0 Å². The number of hydrogen-bond donors (Lipinski definition) is 1. The zero-order valence-corrected chi connectivity index (χ0v) is 13.0. The van der Waals surface area contributed by atoms with Gasteiger partial charge in [-0.3, -0.25) is 0 Å². The first-order valence-corrected chi connectivity index (χ1v) is 7.96. The highest BCUT2D eigenvalue weighted by Gasteiger charge is 2.23. The lowest BCUT2D eigenvalue weighted by Crippen LogP contribution is -2.19. The van der Waals surface area contributed by atoms with E-state index in [2.05, 4.69) is 16.5 Å². The Bertz CT molecular complexity index is 685. The summed E-state index contributed by atoms with van der Waals surface area (Å²) in [7, 11) is 0. The lowest BCUT2D eigenvalue weighted by molar-refractivity contribution is 0.266. The van der Waals surface area contributed by atoms with Gasteiger partial charge >= 0.3 is 0 Å². The van der Waals surface area contributed by atoms with Gasteiger partial charge in [-0.25, -0.2) is 4.39 Å². The van der Waals surface area contributed by atoms with E-state index in [-0.39, 0.29) is 11.1 Å². The van der Waals surface area contributed by atoms with E-state index in [1.807, 2.05) is 0 Å². The third-order valence-corrected chi connectivity index (χ3v) is 5.09. The highest BCUT2D eigenvalue weighted by Crippen LogP contribution is 2.35. The Morgan fingerprint density at radius 3 is 2.75 bits per heavy atom. The molecule has 1 aromatic carbocycles. The van der Waals surface area contributed by atoms with Crippen molar-refractivity contribution in [1.29, 1.82) is 0 Å². The molecule has 0 spiro atoms. The molecular formula is C15H18ClFN2S. The molecule has 2 aromatic rings. The van der Waals surface area contributed by atoms with E-state index in [9.17, 15) is 4.39 Å². The molecule has 5 heteroatoms. The van der Waals surface area contributed by atoms with Crippen LogP contribution in [0.25, 0.3) is 11.0 Å². The molecule has 1 atom stereocenters. The number of nitrogens with one attached hydrogen (secondary N) is 1. The van der Waals surface area contributed by atoms with Crippen LogP contribution in [0.3, 0.4) is 0 Å². The lowest BCUT2D eigenvalue weighted by atomic mass is 9.84. The van der Waals surface area contributed by atoms with Crippen LogP contribution in [0.2, 0.25) is 5.02 Å². The molecule has 3 rings (SSSR count). The number of H-pyrrole nitrogens is 1. The lowest BCUT2D eigenvalue weighted by Gasteiger charge is -2.29. The summed E-state index contributed by atoms with van der Waals surface area (Å²) in [5.41, 5.74) is 1.62. The molecular weight excluding hydrogens is 295 g/mol. The van der Waals surface area contributed by atoms with Crippen LogP contribution in [0.1, 0.15) is 45.1 Å². The molecule has 1 aromatic heterocycles. The van der Waals surface area contributed by atoms with E-state index in [1.54, 1.807) is 6.07 Å². The first-order valence-electron chi connectivity index (χ1n) is 7.17. The van der Waals surface area contributed by atoms with Crippen LogP contribution in [-0.2, 0) is 0 Å². The van der Waals surface area contributed by atoms with Gasteiger partial charge in [-0.15, -0.1) is 0 Å². The first-order chi connectivity index (χ1) is 9.58. The van der Waals surface area contributed by atoms with Gasteiger partial charge in [-0.1, -0.05) is 30.9 Å². The van der Waals surface area contributed by atoms with Gasteiger partial charge in [0.15, 0.2) is 4.77 Å².